The summed E-state index contributed by atoms with van der Waals surface area (Å²) in [7, 11) is 0. The SMILES string of the molecule is CCOC(=O)CC(C)Nc1nc2sccn2c1[N+](=O)[O-]. The second-order valence-electron chi connectivity index (χ2n) is 4.15. The molecule has 0 saturated heterocycles. The number of hydrogen-bond acceptors (Lipinski definition) is 7. The third kappa shape index (κ3) is 2.87. The zero-order valence-corrected chi connectivity index (χ0v) is 11.8. The summed E-state index contributed by atoms with van der Waals surface area (Å²) in [6.07, 6.45) is 1.71. The number of hydrogen-bond donors (Lipinski definition) is 1. The Hall–Kier alpha value is -2.16. The summed E-state index contributed by atoms with van der Waals surface area (Å²) < 4.78 is 6.24. The molecule has 0 aliphatic rings. The van der Waals surface area contributed by atoms with Crippen molar-refractivity contribution in [1.29, 1.82) is 0 Å². The molecule has 0 spiro atoms. The van der Waals surface area contributed by atoms with E-state index in [4.69, 9.17) is 4.74 Å². The Morgan fingerprint density at radius 2 is 2.45 bits per heavy atom. The number of anilines is 1. The van der Waals surface area contributed by atoms with Crippen LogP contribution in [0.3, 0.4) is 0 Å². The highest BCUT2D eigenvalue weighted by Crippen LogP contribution is 2.28. The zero-order valence-electron chi connectivity index (χ0n) is 11.0. The predicted octanol–water partition coefficient (Wildman–Crippen LogP) is 2.06. The normalized spacial score (nSPS) is 12.3. The highest BCUT2D eigenvalue weighted by atomic mass is 32.1. The fraction of sp³-hybridized carbons (Fsp3) is 0.455. The maximum atomic E-state index is 11.4. The number of rotatable bonds is 6. The second kappa shape index (κ2) is 5.87. The molecule has 0 radical (unpaired) electrons. The van der Waals surface area contributed by atoms with Gasteiger partial charge in [0.1, 0.15) is 6.20 Å². The Kier molecular flexibility index (Phi) is 4.18. The first-order valence-electron chi connectivity index (χ1n) is 6.05. The first-order valence-corrected chi connectivity index (χ1v) is 6.93. The van der Waals surface area contributed by atoms with Crippen molar-refractivity contribution in [2.24, 2.45) is 0 Å². The molecule has 0 amide bonds. The Morgan fingerprint density at radius 1 is 1.70 bits per heavy atom. The quantitative estimate of drug-likeness (QED) is 0.498. The average molecular weight is 298 g/mol. The topological polar surface area (TPSA) is 98.8 Å². The molecule has 2 aromatic rings. The van der Waals surface area contributed by atoms with Crippen molar-refractivity contribution in [2.45, 2.75) is 26.3 Å². The molecule has 2 aromatic heterocycles. The van der Waals surface area contributed by atoms with Gasteiger partial charge in [0.25, 0.3) is 4.96 Å². The molecule has 20 heavy (non-hydrogen) atoms. The Labute approximate surface area is 118 Å². The summed E-state index contributed by atoms with van der Waals surface area (Å²) in [5.41, 5.74) is 0. The van der Waals surface area contributed by atoms with Gasteiger partial charge in [-0.3, -0.25) is 4.79 Å². The largest absolute Gasteiger partial charge is 0.466 e. The summed E-state index contributed by atoms with van der Waals surface area (Å²) in [4.78, 5) is 26.7. The lowest BCUT2D eigenvalue weighted by Crippen LogP contribution is -2.21. The lowest BCUT2D eigenvalue weighted by molar-refractivity contribution is -0.389. The van der Waals surface area contributed by atoms with Crippen LogP contribution in [0.4, 0.5) is 11.6 Å². The van der Waals surface area contributed by atoms with Crippen LogP contribution in [0.25, 0.3) is 4.96 Å². The standard InChI is InChI=1S/C11H14N4O4S/c1-3-19-8(16)6-7(2)12-9-10(15(17)18)14-4-5-20-11(14)13-9/h4-5,7,12H,3,6H2,1-2H3. The number of thiazole rings is 1. The monoisotopic (exact) mass is 298 g/mol. The fourth-order valence-corrected chi connectivity index (χ4v) is 2.51. The Morgan fingerprint density at radius 3 is 3.10 bits per heavy atom. The average Bonchev–Trinajstić information content (AvgIpc) is 2.87. The molecule has 0 aliphatic carbocycles. The van der Waals surface area contributed by atoms with Crippen LogP contribution in [-0.4, -0.2) is 32.9 Å². The van der Waals surface area contributed by atoms with Crippen LogP contribution in [0, 0.1) is 10.1 Å². The van der Waals surface area contributed by atoms with E-state index in [1.54, 1.807) is 25.4 Å². The molecule has 8 nitrogen and oxygen atoms in total. The summed E-state index contributed by atoms with van der Waals surface area (Å²) in [6, 6.07) is -0.308. The van der Waals surface area contributed by atoms with E-state index in [1.165, 1.54) is 15.7 Å². The van der Waals surface area contributed by atoms with Crippen molar-refractivity contribution in [3.63, 3.8) is 0 Å². The van der Waals surface area contributed by atoms with E-state index in [0.29, 0.717) is 11.6 Å². The van der Waals surface area contributed by atoms with Gasteiger partial charge in [0, 0.05) is 11.4 Å². The molecular formula is C11H14N4O4S. The van der Waals surface area contributed by atoms with Crippen LogP contribution in [0.5, 0.6) is 0 Å². The number of esters is 1. The summed E-state index contributed by atoms with van der Waals surface area (Å²) >= 11 is 1.30. The van der Waals surface area contributed by atoms with Gasteiger partial charge in [0.15, 0.2) is 0 Å². The molecule has 0 fully saturated rings. The van der Waals surface area contributed by atoms with Gasteiger partial charge < -0.3 is 20.2 Å². The second-order valence-corrected chi connectivity index (χ2v) is 5.02. The Bertz CT molecular complexity index is 635. The molecule has 0 bridgehead atoms. The molecule has 9 heteroatoms. The molecule has 0 saturated carbocycles. The van der Waals surface area contributed by atoms with Gasteiger partial charge in [-0.15, -0.1) is 0 Å². The van der Waals surface area contributed by atoms with Crippen molar-refractivity contribution < 1.29 is 14.5 Å². The minimum Gasteiger partial charge on any atom is -0.466 e. The first-order chi connectivity index (χ1) is 9.52. The number of nitrogens with one attached hydrogen (secondary N) is 1. The molecule has 1 N–H and O–H groups in total. The molecule has 1 unspecified atom stereocenters. The van der Waals surface area contributed by atoms with E-state index in [9.17, 15) is 14.9 Å². The first kappa shape index (κ1) is 14.3. The molecule has 108 valence electrons. The van der Waals surface area contributed by atoms with Gasteiger partial charge in [-0.2, -0.15) is 9.38 Å². The van der Waals surface area contributed by atoms with Crippen molar-refractivity contribution in [3.8, 4) is 0 Å². The number of ether oxygens (including phenoxy) is 1. The van der Waals surface area contributed by atoms with E-state index >= 15 is 0 Å². The predicted molar refractivity (Wildman–Crippen MR) is 74.1 cm³/mol. The van der Waals surface area contributed by atoms with Crippen molar-refractivity contribution in [2.75, 3.05) is 11.9 Å². The molecule has 1 atom stereocenters. The molecule has 0 aliphatic heterocycles. The van der Waals surface area contributed by atoms with Gasteiger partial charge in [-0.25, -0.2) is 0 Å². The molecular weight excluding hydrogens is 284 g/mol. The third-order valence-electron chi connectivity index (χ3n) is 2.57. The number of aromatic nitrogens is 2. The summed E-state index contributed by atoms with van der Waals surface area (Å²) in [6.45, 7) is 3.78. The summed E-state index contributed by atoms with van der Waals surface area (Å²) in [5.74, 6) is -0.313. The van der Waals surface area contributed by atoms with Crippen LogP contribution in [0.2, 0.25) is 0 Å². The number of nitrogens with zero attached hydrogens (tertiary/aromatic N) is 3. The van der Waals surface area contributed by atoms with E-state index in [0.717, 1.165) is 0 Å². The summed E-state index contributed by atoms with van der Waals surface area (Å²) in [5, 5.41) is 15.7. The smallest absolute Gasteiger partial charge is 0.372 e. The van der Waals surface area contributed by atoms with Gasteiger partial charge in [-0.1, -0.05) is 11.3 Å². The van der Waals surface area contributed by atoms with E-state index < -0.39 is 4.92 Å². The highest BCUT2D eigenvalue weighted by Gasteiger charge is 2.25. The zero-order chi connectivity index (χ0) is 14.7. The molecule has 2 rings (SSSR count). The maximum absolute atomic E-state index is 11.4. The number of carbonyl (C=O) groups is 1. The molecule has 0 aromatic carbocycles. The number of carbonyl (C=O) groups excluding carboxylic acids is 1. The lowest BCUT2D eigenvalue weighted by atomic mass is 10.2. The van der Waals surface area contributed by atoms with Gasteiger partial charge in [0.05, 0.1) is 13.0 Å². The number of nitro groups is 1. The lowest BCUT2D eigenvalue weighted by Gasteiger charge is -2.11. The van der Waals surface area contributed by atoms with Crippen LogP contribution in [0.1, 0.15) is 20.3 Å². The van der Waals surface area contributed by atoms with Crippen molar-refractivity contribution >= 4 is 33.9 Å². The molecule has 2 heterocycles. The van der Waals surface area contributed by atoms with Crippen LogP contribution < -0.4 is 5.32 Å². The fourth-order valence-electron chi connectivity index (χ4n) is 1.80. The van der Waals surface area contributed by atoms with Gasteiger partial charge >= 0.3 is 11.8 Å². The van der Waals surface area contributed by atoms with Gasteiger partial charge in [-0.05, 0) is 18.8 Å². The Balaban J connectivity index is 2.16. The van der Waals surface area contributed by atoms with Crippen LogP contribution >= 0.6 is 11.3 Å². The van der Waals surface area contributed by atoms with E-state index in [2.05, 4.69) is 10.3 Å². The van der Waals surface area contributed by atoms with Crippen molar-refractivity contribution in [1.82, 2.24) is 9.38 Å². The maximum Gasteiger partial charge on any atom is 0.372 e. The highest BCUT2D eigenvalue weighted by molar-refractivity contribution is 7.15. The van der Waals surface area contributed by atoms with Crippen LogP contribution in [-0.2, 0) is 9.53 Å². The van der Waals surface area contributed by atoms with E-state index in [1.807, 2.05) is 0 Å². The van der Waals surface area contributed by atoms with Gasteiger partial charge in [0.2, 0.25) is 5.82 Å². The number of fused-ring (bicyclic) bond motifs is 1. The third-order valence-corrected chi connectivity index (χ3v) is 3.33. The minimum absolute atomic E-state index is 0.121. The van der Waals surface area contributed by atoms with E-state index in [-0.39, 0.29) is 30.1 Å². The number of imidazole rings is 1. The van der Waals surface area contributed by atoms with Crippen molar-refractivity contribution in [3.05, 3.63) is 21.7 Å². The van der Waals surface area contributed by atoms with Crippen LogP contribution in [0.15, 0.2) is 11.6 Å². The minimum atomic E-state index is -0.494.